The molecule has 0 saturated carbocycles. The Balaban J connectivity index is 2.45. The zero-order valence-electron chi connectivity index (χ0n) is 10.1. The van der Waals surface area contributed by atoms with Crippen LogP contribution in [0.15, 0.2) is 23.1 Å². The molecule has 0 radical (unpaired) electrons. The standard InChI is InChI=1S/C12H14F3NOS/c1-8-3-4-9(2)10(5-8)18-6-11(17)16-7-12(13,14)15/h3-5H,6-7H2,1-2H3,(H,16,17). The summed E-state index contributed by atoms with van der Waals surface area (Å²) < 4.78 is 35.6. The molecule has 1 rings (SSSR count). The average Bonchev–Trinajstić information content (AvgIpc) is 2.26. The number of thioether (sulfide) groups is 1. The van der Waals surface area contributed by atoms with E-state index in [1.165, 1.54) is 11.8 Å². The first-order valence-corrected chi connectivity index (χ1v) is 6.30. The minimum atomic E-state index is -4.36. The molecule has 1 N–H and O–H groups in total. The first-order valence-electron chi connectivity index (χ1n) is 5.31. The van der Waals surface area contributed by atoms with Crippen molar-refractivity contribution < 1.29 is 18.0 Å². The second-order valence-electron chi connectivity index (χ2n) is 3.95. The Morgan fingerprint density at radius 2 is 2.00 bits per heavy atom. The predicted molar refractivity (Wildman–Crippen MR) is 65.7 cm³/mol. The van der Waals surface area contributed by atoms with Crippen LogP contribution >= 0.6 is 11.8 Å². The van der Waals surface area contributed by atoms with Crippen molar-refractivity contribution >= 4 is 17.7 Å². The lowest BCUT2D eigenvalue weighted by Crippen LogP contribution is -2.34. The van der Waals surface area contributed by atoms with Gasteiger partial charge in [-0.2, -0.15) is 13.2 Å². The fourth-order valence-corrected chi connectivity index (χ4v) is 2.21. The van der Waals surface area contributed by atoms with E-state index in [2.05, 4.69) is 0 Å². The Morgan fingerprint density at radius 3 is 2.61 bits per heavy atom. The molecular formula is C12H14F3NOS. The summed E-state index contributed by atoms with van der Waals surface area (Å²) in [5.74, 6) is -0.626. The summed E-state index contributed by atoms with van der Waals surface area (Å²) in [5.41, 5.74) is 2.06. The Morgan fingerprint density at radius 1 is 1.33 bits per heavy atom. The maximum absolute atomic E-state index is 11.9. The highest BCUT2D eigenvalue weighted by Crippen LogP contribution is 2.23. The van der Waals surface area contributed by atoms with Crippen molar-refractivity contribution in [1.82, 2.24) is 5.32 Å². The number of rotatable bonds is 4. The van der Waals surface area contributed by atoms with Gasteiger partial charge in [-0.05, 0) is 25.5 Å². The molecule has 6 heteroatoms. The van der Waals surface area contributed by atoms with E-state index >= 15 is 0 Å². The number of hydrogen-bond acceptors (Lipinski definition) is 2. The Labute approximate surface area is 108 Å². The molecule has 0 aliphatic carbocycles. The molecular weight excluding hydrogens is 263 g/mol. The predicted octanol–water partition coefficient (Wildman–Crippen LogP) is 3.07. The van der Waals surface area contributed by atoms with Gasteiger partial charge >= 0.3 is 6.18 Å². The number of aryl methyl sites for hydroxylation is 2. The van der Waals surface area contributed by atoms with Crippen LogP contribution in [0.3, 0.4) is 0 Å². The zero-order chi connectivity index (χ0) is 13.8. The van der Waals surface area contributed by atoms with Crippen LogP contribution in [-0.4, -0.2) is 24.4 Å². The number of amides is 1. The van der Waals surface area contributed by atoms with E-state index in [0.29, 0.717) is 0 Å². The first-order chi connectivity index (χ1) is 8.28. The van der Waals surface area contributed by atoms with Crippen LogP contribution in [0, 0.1) is 13.8 Å². The molecule has 0 saturated heterocycles. The van der Waals surface area contributed by atoms with Crippen molar-refractivity contribution in [3.05, 3.63) is 29.3 Å². The number of carbonyl (C=O) groups is 1. The molecule has 1 aromatic carbocycles. The lowest BCUT2D eigenvalue weighted by Gasteiger charge is -2.09. The van der Waals surface area contributed by atoms with E-state index in [1.54, 1.807) is 0 Å². The van der Waals surface area contributed by atoms with Crippen molar-refractivity contribution in [2.24, 2.45) is 0 Å². The monoisotopic (exact) mass is 277 g/mol. The van der Waals surface area contributed by atoms with Crippen molar-refractivity contribution in [3.63, 3.8) is 0 Å². The van der Waals surface area contributed by atoms with Gasteiger partial charge in [-0.25, -0.2) is 0 Å². The molecule has 0 unspecified atom stereocenters. The smallest absolute Gasteiger partial charge is 0.346 e. The van der Waals surface area contributed by atoms with E-state index in [-0.39, 0.29) is 5.75 Å². The van der Waals surface area contributed by atoms with E-state index in [0.717, 1.165) is 16.0 Å². The molecule has 2 nitrogen and oxygen atoms in total. The van der Waals surface area contributed by atoms with Crippen LogP contribution in [-0.2, 0) is 4.79 Å². The van der Waals surface area contributed by atoms with Gasteiger partial charge in [0.15, 0.2) is 0 Å². The van der Waals surface area contributed by atoms with E-state index < -0.39 is 18.6 Å². The maximum atomic E-state index is 11.9. The molecule has 0 spiro atoms. The summed E-state index contributed by atoms with van der Waals surface area (Å²) in [4.78, 5) is 12.1. The largest absolute Gasteiger partial charge is 0.405 e. The van der Waals surface area contributed by atoms with Gasteiger partial charge in [0.05, 0.1) is 5.75 Å². The third-order valence-electron chi connectivity index (χ3n) is 2.19. The number of benzene rings is 1. The number of halogens is 3. The van der Waals surface area contributed by atoms with Crippen LogP contribution in [0.2, 0.25) is 0 Å². The average molecular weight is 277 g/mol. The summed E-state index contributed by atoms with van der Waals surface area (Å²) in [6.07, 6.45) is -4.36. The quantitative estimate of drug-likeness (QED) is 0.857. The number of carbonyl (C=O) groups excluding carboxylic acids is 1. The second-order valence-corrected chi connectivity index (χ2v) is 4.97. The van der Waals surface area contributed by atoms with Crippen LogP contribution in [0.1, 0.15) is 11.1 Å². The summed E-state index contributed by atoms with van der Waals surface area (Å²) >= 11 is 1.24. The highest BCUT2D eigenvalue weighted by atomic mass is 32.2. The molecule has 0 atom stereocenters. The van der Waals surface area contributed by atoms with Gasteiger partial charge in [0.2, 0.25) is 5.91 Å². The Hall–Kier alpha value is -1.17. The van der Waals surface area contributed by atoms with Crippen molar-refractivity contribution in [2.75, 3.05) is 12.3 Å². The molecule has 18 heavy (non-hydrogen) atoms. The van der Waals surface area contributed by atoms with Gasteiger partial charge in [-0.15, -0.1) is 11.8 Å². The molecule has 1 aromatic rings. The number of nitrogens with one attached hydrogen (secondary N) is 1. The van der Waals surface area contributed by atoms with Crippen LogP contribution in [0.5, 0.6) is 0 Å². The number of hydrogen-bond donors (Lipinski definition) is 1. The maximum Gasteiger partial charge on any atom is 0.405 e. The zero-order valence-corrected chi connectivity index (χ0v) is 10.9. The van der Waals surface area contributed by atoms with Gasteiger partial charge < -0.3 is 5.32 Å². The second kappa shape index (κ2) is 6.13. The summed E-state index contributed by atoms with van der Waals surface area (Å²) in [6, 6.07) is 5.78. The van der Waals surface area contributed by atoms with Crippen molar-refractivity contribution in [3.8, 4) is 0 Å². The minimum absolute atomic E-state index is 0.0135. The molecule has 0 fully saturated rings. The van der Waals surface area contributed by atoms with Crippen LogP contribution in [0.25, 0.3) is 0 Å². The summed E-state index contributed by atoms with van der Waals surface area (Å²) in [7, 11) is 0. The normalized spacial score (nSPS) is 11.4. The molecule has 1 amide bonds. The third-order valence-corrected chi connectivity index (χ3v) is 3.35. The van der Waals surface area contributed by atoms with Gasteiger partial charge in [-0.1, -0.05) is 17.7 Å². The third kappa shape index (κ3) is 5.44. The van der Waals surface area contributed by atoms with Crippen LogP contribution < -0.4 is 5.32 Å². The van der Waals surface area contributed by atoms with Crippen molar-refractivity contribution in [2.45, 2.75) is 24.9 Å². The molecule has 0 bridgehead atoms. The van der Waals surface area contributed by atoms with Gasteiger partial charge in [-0.3, -0.25) is 4.79 Å². The first kappa shape index (κ1) is 14.9. The Kier molecular flexibility index (Phi) is 5.07. The van der Waals surface area contributed by atoms with E-state index in [1.807, 2.05) is 37.4 Å². The molecule has 100 valence electrons. The van der Waals surface area contributed by atoms with E-state index in [4.69, 9.17) is 0 Å². The topological polar surface area (TPSA) is 29.1 Å². The minimum Gasteiger partial charge on any atom is -0.346 e. The van der Waals surface area contributed by atoms with Gasteiger partial charge in [0, 0.05) is 4.90 Å². The summed E-state index contributed by atoms with van der Waals surface area (Å²) in [6.45, 7) is 2.54. The molecule has 0 aliphatic heterocycles. The van der Waals surface area contributed by atoms with Crippen LogP contribution in [0.4, 0.5) is 13.2 Å². The Bertz CT molecular complexity index is 432. The lowest BCUT2D eigenvalue weighted by atomic mass is 10.2. The van der Waals surface area contributed by atoms with Crippen molar-refractivity contribution in [1.29, 1.82) is 0 Å². The fraction of sp³-hybridized carbons (Fsp3) is 0.417. The number of alkyl halides is 3. The highest BCUT2D eigenvalue weighted by molar-refractivity contribution is 8.00. The molecule has 0 heterocycles. The van der Waals surface area contributed by atoms with E-state index in [9.17, 15) is 18.0 Å². The van der Waals surface area contributed by atoms with Gasteiger partial charge in [0.1, 0.15) is 6.54 Å². The van der Waals surface area contributed by atoms with Gasteiger partial charge in [0.25, 0.3) is 0 Å². The molecule has 0 aliphatic rings. The fourth-order valence-electron chi connectivity index (χ4n) is 1.26. The lowest BCUT2D eigenvalue weighted by molar-refractivity contribution is -0.136. The summed E-state index contributed by atoms with van der Waals surface area (Å²) in [5, 5.41) is 1.84. The highest BCUT2D eigenvalue weighted by Gasteiger charge is 2.27. The molecule has 0 aromatic heterocycles. The SMILES string of the molecule is Cc1ccc(C)c(SCC(=O)NCC(F)(F)F)c1.